The van der Waals surface area contributed by atoms with Crippen molar-refractivity contribution >= 4 is 27.5 Å². The summed E-state index contributed by atoms with van der Waals surface area (Å²) in [6.07, 6.45) is 1.07. The monoisotopic (exact) mass is 375 g/mol. The standard InChI is InChI=1S/C19H22BrNO2/c1-4-19(2,3)14-9-11-15(12-10-14)23-13-18(22)21-17-8-6-5-7-16(17)20/h5-12H,4,13H2,1-3H3,(H,21,22). The van der Waals surface area contributed by atoms with Gasteiger partial charge in [-0.3, -0.25) is 4.79 Å². The molecule has 0 aromatic heterocycles. The minimum absolute atomic E-state index is 0.0160. The molecule has 2 aromatic carbocycles. The predicted octanol–water partition coefficient (Wildman–Crippen LogP) is 5.15. The number of nitrogens with one attached hydrogen (secondary N) is 1. The van der Waals surface area contributed by atoms with Crippen molar-refractivity contribution in [3.8, 4) is 5.75 Å². The number of hydrogen-bond donors (Lipinski definition) is 1. The molecule has 2 aromatic rings. The van der Waals surface area contributed by atoms with Gasteiger partial charge in [0, 0.05) is 4.47 Å². The molecule has 0 radical (unpaired) electrons. The van der Waals surface area contributed by atoms with E-state index < -0.39 is 0 Å². The maximum Gasteiger partial charge on any atom is 0.262 e. The third-order valence-corrected chi connectivity index (χ3v) is 4.73. The van der Waals surface area contributed by atoms with Crippen LogP contribution in [0, 0.1) is 0 Å². The maximum absolute atomic E-state index is 12.0. The quantitative estimate of drug-likeness (QED) is 0.757. The van der Waals surface area contributed by atoms with Gasteiger partial charge in [-0.05, 0) is 57.6 Å². The van der Waals surface area contributed by atoms with E-state index in [4.69, 9.17) is 4.74 Å². The molecule has 0 aliphatic rings. The fourth-order valence-electron chi connectivity index (χ4n) is 2.10. The molecule has 2 rings (SSSR count). The highest BCUT2D eigenvalue weighted by atomic mass is 79.9. The molecule has 122 valence electrons. The molecular formula is C19H22BrNO2. The summed E-state index contributed by atoms with van der Waals surface area (Å²) in [6, 6.07) is 15.4. The molecule has 0 saturated carbocycles. The fraction of sp³-hybridized carbons (Fsp3) is 0.316. The van der Waals surface area contributed by atoms with Gasteiger partial charge in [-0.15, -0.1) is 0 Å². The van der Waals surface area contributed by atoms with Crippen molar-refractivity contribution in [2.24, 2.45) is 0 Å². The van der Waals surface area contributed by atoms with Gasteiger partial charge in [0.1, 0.15) is 5.75 Å². The molecule has 1 N–H and O–H groups in total. The highest BCUT2D eigenvalue weighted by molar-refractivity contribution is 9.10. The van der Waals surface area contributed by atoms with Crippen molar-refractivity contribution in [3.05, 3.63) is 58.6 Å². The largest absolute Gasteiger partial charge is 0.484 e. The number of halogens is 1. The number of benzene rings is 2. The lowest BCUT2D eigenvalue weighted by atomic mass is 9.82. The van der Waals surface area contributed by atoms with Gasteiger partial charge < -0.3 is 10.1 Å². The Morgan fingerprint density at radius 2 is 1.78 bits per heavy atom. The summed E-state index contributed by atoms with van der Waals surface area (Å²) in [7, 11) is 0. The molecular weight excluding hydrogens is 354 g/mol. The predicted molar refractivity (Wildman–Crippen MR) is 98.0 cm³/mol. The number of para-hydroxylation sites is 1. The van der Waals surface area contributed by atoms with Crippen LogP contribution in [0.4, 0.5) is 5.69 Å². The summed E-state index contributed by atoms with van der Waals surface area (Å²) in [5.74, 6) is 0.512. The summed E-state index contributed by atoms with van der Waals surface area (Å²) in [5.41, 5.74) is 2.15. The fourth-order valence-corrected chi connectivity index (χ4v) is 2.49. The van der Waals surface area contributed by atoms with Crippen molar-refractivity contribution in [3.63, 3.8) is 0 Å². The second kappa shape index (κ2) is 7.64. The highest BCUT2D eigenvalue weighted by Gasteiger charge is 2.17. The lowest BCUT2D eigenvalue weighted by molar-refractivity contribution is -0.118. The minimum Gasteiger partial charge on any atom is -0.484 e. The molecule has 4 heteroatoms. The van der Waals surface area contributed by atoms with Crippen LogP contribution in [0.3, 0.4) is 0 Å². The van der Waals surface area contributed by atoms with Gasteiger partial charge in [0.25, 0.3) is 5.91 Å². The zero-order chi connectivity index (χ0) is 16.9. The number of hydrogen-bond acceptors (Lipinski definition) is 2. The van der Waals surface area contributed by atoms with E-state index in [1.165, 1.54) is 5.56 Å². The summed E-state index contributed by atoms with van der Waals surface area (Å²) in [4.78, 5) is 12.0. The molecule has 0 fully saturated rings. The van der Waals surface area contributed by atoms with Gasteiger partial charge in [-0.25, -0.2) is 0 Å². The molecule has 0 atom stereocenters. The Labute approximate surface area is 146 Å². The number of rotatable bonds is 6. The van der Waals surface area contributed by atoms with Crippen LogP contribution in [0.2, 0.25) is 0 Å². The lowest BCUT2D eigenvalue weighted by Crippen LogP contribution is -2.20. The van der Waals surface area contributed by atoms with Gasteiger partial charge in [-0.1, -0.05) is 45.0 Å². The van der Waals surface area contributed by atoms with Crippen molar-refractivity contribution in [2.45, 2.75) is 32.6 Å². The molecule has 0 spiro atoms. The molecule has 0 heterocycles. The average molecular weight is 376 g/mol. The Morgan fingerprint density at radius 1 is 1.13 bits per heavy atom. The zero-order valence-corrected chi connectivity index (χ0v) is 15.3. The third-order valence-electron chi connectivity index (χ3n) is 4.04. The number of ether oxygens (including phenoxy) is 1. The molecule has 0 unspecified atom stereocenters. The molecule has 0 aliphatic carbocycles. The first-order valence-electron chi connectivity index (χ1n) is 7.70. The molecule has 0 aliphatic heterocycles. The third kappa shape index (κ3) is 4.83. The van der Waals surface area contributed by atoms with E-state index in [1.807, 2.05) is 36.4 Å². The second-order valence-corrected chi connectivity index (χ2v) is 6.93. The zero-order valence-electron chi connectivity index (χ0n) is 13.7. The van der Waals surface area contributed by atoms with Crippen molar-refractivity contribution in [1.82, 2.24) is 0 Å². The first kappa shape index (κ1) is 17.5. The van der Waals surface area contributed by atoms with Crippen LogP contribution >= 0.6 is 15.9 Å². The Hall–Kier alpha value is -1.81. The van der Waals surface area contributed by atoms with Crippen LogP contribution in [0.15, 0.2) is 53.0 Å². The van der Waals surface area contributed by atoms with Gasteiger partial charge in [0.05, 0.1) is 5.69 Å². The van der Waals surface area contributed by atoms with E-state index in [1.54, 1.807) is 0 Å². The van der Waals surface area contributed by atoms with Crippen molar-refractivity contribution in [1.29, 1.82) is 0 Å². The summed E-state index contributed by atoms with van der Waals surface area (Å²) in [5, 5.41) is 2.81. The van der Waals surface area contributed by atoms with Crippen LogP contribution in [0.25, 0.3) is 0 Å². The lowest BCUT2D eigenvalue weighted by Gasteiger charge is -2.23. The van der Waals surface area contributed by atoms with Gasteiger partial charge >= 0.3 is 0 Å². The molecule has 0 bridgehead atoms. The van der Waals surface area contributed by atoms with Crippen LogP contribution in [-0.2, 0) is 10.2 Å². The number of carbonyl (C=O) groups excluding carboxylic acids is 1. The van der Waals surface area contributed by atoms with Crippen molar-refractivity contribution < 1.29 is 9.53 Å². The Morgan fingerprint density at radius 3 is 2.39 bits per heavy atom. The minimum atomic E-state index is -0.185. The number of carbonyl (C=O) groups is 1. The molecule has 1 amide bonds. The first-order valence-corrected chi connectivity index (χ1v) is 8.49. The SMILES string of the molecule is CCC(C)(C)c1ccc(OCC(=O)Nc2ccccc2Br)cc1. The smallest absolute Gasteiger partial charge is 0.262 e. The van der Waals surface area contributed by atoms with E-state index >= 15 is 0 Å². The molecule has 0 saturated heterocycles. The normalized spacial score (nSPS) is 11.1. The summed E-state index contributed by atoms with van der Waals surface area (Å²) >= 11 is 3.40. The summed E-state index contributed by atoms with van der Waals surface area (Å²) in [6.45, 7) is 6.59. The number of amides is 1. The van der Waals surface area contributed by atoms with Crippen LogP contribution in [-0.4, -0.2) is 12.5 Å². The van der Waals surface area contributed by atoms with E-state index in [-0.39, 0.29) is 17.9 Å². The van der Waals surface area contributed by atoms with E-state index in [9.17, 15) is 4.79 Å². The first-order chi connectivity index (χ1) is 10.9. The van der Waals surface area contributed by atoms with Crippen LogP contribution in [0.5, 0.6) is 5.75 Å². The van der Waals surface area contributed by atoms with Crippen LogP contribution < -0.4 is 10.1 Å². The highest BCUT2D eigenvalue weighted by Crippen LogP contribution is 2.28. The van der Waals surface area contributed by atoms with E-state index in [2.05, 4.69) is 54.2 Å². The Balaban J connectivity index is 1.91. The maximum atomic E-state index is 12.0. The molecule has 23 heavy (non-hydrogen) atoms. The van der Waals surface area contributed by atoms with Gasteiger partial charge in [0.2, 0.25) is 0 Å². The second-order valence-electron chi connectivity index (χ2n) is 6.08. The van der Waals surface area contributed by atoms with Crippen LogP contribution in [0.1, 0.15) is 32.8 Å². The van der Waals surface area contributed by atoms with Gasteiger partial charge in [0.15, 0.2) is 6.61 Å². The Kier molecular flexibility index (Phi) is 5.83. The van der Waals surface area contributed by atoms with E-state index in [0.717, 1.165) is 16.6 Å². The summed E-state index contributed by atoms with van der Waals surface area (Å²) < 4.78 is 6.40. The Bertz CT molecular complexity index is 665. The van der Waals surface area contributed by atoms with E-state index in [0.29, 0.717) is 5.75 Å². The van der Waals surface area contributed by atoms with Gasteiger partial charge in [-0.2, -0.15) is 0 Å². The average Bonchev–Trinajstić information content (AvgIpc) is 2.55. The van der Waals surface area contributed by atoms with Crippen molar-refractivity contribution in [2.75, 3.05) is 11.9 Å². The topological polar surface area (TPSA) is 38.3 Å². The number of anilines is 1. The molecule has 3 nitrogen and oxygen atoms in total.